The van der Waals surface area contributed by atoms with Gasteiger partial charge in [0, 0.05) is 6.54 Å². The lowest BCUT2D eigenvalue weighted by Crippen LogP contribution is -2.32. The van der Waals surface area contributed by atoms with Crippen LogP contribution in [0.1, 0.15) is 17.3 Å². The summed E-state index contributed by atoms with van der Waals surface area (Å²) in [4.78, 5) is 22.6. The summed E-state index contributed by atoms with van der Waals surface area (Å²) in [7, 11) is 0. The van der Waals surface area contributed by atoms with Gasteiger partial charge in [0.1, 0.15) is 5.75 Å². The van der Waals surface area contributed by atoms with Crippen LogP contribution >= 0.6 is 0 Å². The number of aliphatic hydroxyl groups excluding tert-OH is 1. The molecular weight excluding hydrogens is 278 g/mol. The molecule has 1 atom stereocenters. The van der Waals surface area contributed by atoms with Gasteiger partial charge >= 0.3 is 5.97 Å². The van der Waals surface area contributed by atoms with E-state index in [4.69, 9.17) is 19.7 Å². The van der Waals surface area contributed by atoms with Gasteiger partial charge in [0.15, 0.2) is 6.61 Å². The number of carboxylic acids is 1. The van der Waals surface area contributed by atoms with Crippen molar-refractivity contribution in [3.8, 4) is 5.75 Å². The number of rotatable bonds is 9. The van der Waals surface area contributed by atoms with Crippen molar-refractivity contribution in [2.24, 2.45) is 0 Å². The molecule has 1 unspecified atom stereocenters. The van der Waals surface area contributed by atoms with Crippen molar-refractivity contribution in [2.75, 3.05) is 26.4 Å². The van der Waals surface area contributed by atoms with Crippen LogP contribution < -0.4 is 10.1 Å². The third-order valence-electron chi connectivity index (χ3n) is 2.53. The van der Waals surface area contributed by atoms with Crippen LogP contribution in [0.25, 0.3) is 0 Å². The highest BCUT2D eigenvalue weighted by molar-refractivity contribution is 5.97. The van der Waals surface area contributed by atoms with E-state index in [0.717, 1.165) is 0 Å². The number of carbonyl (C=O) groups excluding carboxylic acids is 1. The molecule has 0 heterocycles. The van der Waals surface area contributed by atoms with Crippen molar-refractivity contribution < 1.29 is 29.3 Å². The summed E-state index contributed by atoms with van der Waals surface area (Å²) in [6, 6.07) is 6.39. The van der Waals surface area contributed by atoms with Crippen LogP contribution in [0, 0.1) is 0 Å². The van der Waals surface area contributed by atoms with Gasteiger partial charge < -0.3 is 25.0 Å². The molecule has 1 aromatic carbocycles. The molecule has 1 rings (SSSR count). The maximum Gasteiger partial charge on any atom is 0.341 e. The molecule has 3 N–H and O–H groups in total. The molecule has 7 nitrogen and oxygen atoms in total. The van der Waals surface area contributed by atoms with Crippen LogP contribution in [0.5, 0.6) is 5.75 Å². The van der Waals surface area contributed by atoms with E-state index >= 15 is 0 Å². The van der Waals surface area contributed by atoms with Gasteiger partial charge in [-0.3, -0.25) is 4.79 Å². The van der Waals surface area contributed by atoms with Crippen LogP contribution in [0.3, 0.4) is 0 Å². The first-order chi connectivity index (χ1) is 10.0. The molecule has 0 saturated carbocycles. The maximum atomic E-state index is 12.0. The molecule has 116 valence electrons. The average molecular weight is 297 g/mol. The van der Waals surface area contributed by atoms with Gasteiger partial charge in [-0.2, -0.15) is 0 Å². The van der Waals surface area contributed by atoms with Gasteiger partial charge in [-0.1, -0.05) is 12.1 Å². The smallest absolute Gasteiger partial charge is 0.341 e. The molecule has 0 aliphatic heterocycles. The molecule has 0 bridgehead atoms. The molecule has 0 radical (unpaired) electrons. The molecule has 0 fully saturated rings. The van der Waals surface area contributed by atoms with Crippen molar-refractivity contribution in [2.45, 2.75) is 13.0 Å². The fourth-order valence-corrected chi connectivity index (χ4v) is 1.56. The van der Waals surface area contributed by atoms with Crippen molar-refractivity contribution in [1.29, 1.82) is 0 Å². The molecule has 1 aromatic rings. The molecule has 0 aromatic heterocycles. The fourth-order valence-electron chi connectivity index (χ4n) is 1.56. The van der Waals surface area contributed by atoms with E-state index < -0.39 is 12.6 Å². The lowest BCUT2D eigenvalue weighted by molar-refractivity contribution is -0.139. The molecule has 21 heavy (non-hydrogen) atoms. The standard InChI is InChI=1S/C14H19NO6/c1-10(20-7-6-16)8-15-14(19)11-4-2-3-5-12(11)21-9-13(17)18/h2-5,10,16H,6-9H2,1H3,(H,15,19)(H,17,18). The van der Waals surface area contributed by atoms with Gasteiger partial charge in [0.2, 0.25) is 0 Å². The van der Waals surface area contributed by atoms with Crippen molar-refractivity contribution in [3.05, 3.63) is 29.8 Å². The molecule has 1 amide bonds. The number of hydrogen-bond acceptors (Lipinski definition) is 5. The highest BCUT2D eigenvalue weighted by Crippen LogP contribution is 2.17. The summed E-state index contributed by atoms with van der Waals surface area (Å²) in [5.74, 6) is -1.28. The van der Waals surface area contributed by atoms with Gasteiger partial charge in [0.05, 0.1) is 24.9 Å². The predicted octanol–water partition coefficient (Wildman–Crippen LogP) is 0.277. The summed E-state index contributed by atoms with van der Waals surface area (Å²) >= 11 is 0. The Hall–Kier alpha value is -2.12. The zero-order valence-corrected chi connectivity index (χ0v) is 11.7. The Morgan fingerprint density at radius 1 is 1.33 bits per heavy atom. The SMILES string of the molecule is CC(CNC(=O)c1ccccc1OCC(=O)O)OCCO. The van der Waals surface area contributed by atoms with Gasteiger partial charge in [-0.25, -0.2) is 4.79 Å². The van der Waals surface area contributed by atoms with E-state index in [1.54, 1.807) is 25.1 Å². The Balaban J connectivity index is 2.58. The lowest BCUT2D eigenvalue weighted by atomic mass is 10.2. The monoisotopic (exact) mass is 297 g/mol. The molecule has 0 spiro atoms. The number of hydrogen-bond donors (Lipinski definition) is 3. The number of ether oxygens (including phenoxy) is 2. The van der Waals surface area contributed by atoms with Gasteiger partial charge in [-0.15, -0.1) is 0 Å². The van der Waals surface area contributed by atoms with Crippen LogP contribution in [0.2, 0.25) is 0 Å². The fraction of sp³-hybridized carbons (Fsp3) is 0.429. The van der Waals surface area contributed by atoms with Crippen LogP contribution in [0.15, 0.2) is 24.3 Å². The average Bonchev–Trinajstić information content (AvgIpc) is 2.48. The van der Waals surface area contributed by atoms with Crippen LogP contribution in [0.4, 0.5) is 0 Å². The molecule has 7 heteroatoms. The second kappa shape index (κ2) is 8.93. The first-order valence-corrected chi connectivity index (χ1v) is 6.49. The first-order valence-electron chi connectivity index (χ1n) is 6.49. The van der Waals surface area contributed by atoms with Gasteiger partial charge in [0.25, 0.3) is 5.91 Å². The normalized spacial score (nSPS) is 11.7. The molecular formula is C14H19NO6. The Labute approximate surface area is 122 Å². The zero-order chi connectivity index (χ0) is 15.7. The molecule has 0 aliphatic rings. The molecule has 0 saturated heterocycles. The van der Waals surface area contributed by atoms with Crippen molar-refractivity contribution in [3.63, 3.8) is 0 Å². The Bertz CT molecular complexity index is 476. The maximum absolute atomic E-state index is 12.0. The van der Waals surface area contributed by atoms with E-state index in [2.05, 4.69) is 5.32 Å². The Kier molecular flexibility index (Phi) is 7.20. The third kappa shape index (κ3) is 6.24. The van der Waals surface area contributed by atoms with Crippen molar-refractivity contribution in [1.82, 2.24) is 5.32 Å². The summed E-state index contributed by atoms with van der Waals surface area (Å²) < 4.78 is 10.3. The largest absolute Gasteiger partial charge is 0.481 e. The van der Waals surface area contributed by atoms with E-state index in [1.807, 2.05) is 0 Å². The Morgan fingerprint density at radius 3 is 2.71 bits per heavy atom. The highest BCUT2D eigenvalue weighted by Gasteiger charge is 2.13. The minimum Gasteiger partial charge on any atom is -0.481 e. The summed E-state index contributed by atoms with van der Waals surface area (Å²) in [6.07, 6.45) is -0.242. The van der Waals surface area contributed by atoms with Crippen molar-refractivity contribution >= 4 is 11.9 Å². The number of aliphatic carboxylic acids is 1. The number of para-hydroxylation sites is 1. The quantitative estimate of drug-likeness (QED) is 0.604. The number of nitrogens with one attached hydrogen (secondary N) is 1. The topological polar surface area (TPSA) is 105 Å². The minimum atomic E-state index is -1.11. The summed E-state index contributed by atoms with van der Waals surface area (Å²) in [6.45, 7) is 1.65. The number of benzene rings is 1. The van der Waals surface area contributed by atoms with Crippen LogP contribution in [-0.2, 0) is 9.53 Å². The number of amides is 1. The van der Waals surface area contributed by atoms with E-state index in [0.29, 0.717) is 0 Å². The highest BCUT2D eigenvalue weighted by atomic mass is 16.5. The van der Waals surface area contributed by atoms with E-state index in [-0.39, 0.29) is 43.1 Å². The third-order valence-corrected chi connectivity index (χ3v) is 2.53. The number of carboxylic acid groups (broad SMARTS) is 1. The molecule has 0 aliphatic carbocycles. The van der Waals surface area contributed by atoms with Crippen LogP contribution in [-0.4, -0.2) is 54.6 Å². The second-order valence-electron chi connectivity index (χ2n) is 4.29. The van der Waals surface area contributed by atoms with E-state index in [9.17, 15) is 9.59 Å². The van der Waals surface area contributed by atoms with Gasteiger partial charge in [-0.05, 0) is 19.1 Å². The summed E-state index contributed by atoms with van der Waals surface area (Å²) in [5, 5.41) is 19.9. The predicted molar refractivity (Wildman–Crippen MR) is 74.4 cm³/mol. The summed E-state index contributed by atoms with van der Waals surface area (Å²) in [5.41, 5.74) is 0.258. The number of aliphatic hydroxyl groups is 1. The lowest BCUT2D eigenvalue weighted by Gasteiger charge is -2.14. The second-order valence-corrected chi connectivity index (χ2v) is 4.29. The first kappa shape index (κ1) is 16.9. The Morgan fingerprint density at radius 2 is 2.05 bits per heavy atom. The number of carbonyl (C=O) groups is 2. The zero-order valence-electron chi connectivity index (χ0n) is 11.7. The van der Waals surface area contributed by atoms with E-state index in [1.165, 1.54) is 6.07 Å². The minimum absolute atomic E-state index is 0.0792.